The number of aromatic nitrogens is 2. The highest BCUT2D eigenvalue weighted by atomic mass is 16.5. The summed E-state index contributed by atoms with van der Waals surface area (Å²) in [6.07, 6.45) is 0. The number of imidazole rings is 1. The second-order valence-electron chi connectivity index (χ2n) is 6.03. The zero-order chi connectivity index (χ0) is 18.6. The molecule has 132 valence electrons. The Balaban J connectivity index is 2.07. The van der Waals surface area contributed by atoms with Crippen molar-refractivity contribution >= 4 is 5.97 Å². The number of methoxy groups -OCH3 is 1. The molecule has 0 bridgehead atoms. The summed E-state index contributed by atoms with van der Waals surface area (Å²) in [5.74, 6) is 0.272. The van der Waals surface area contributed by atoms with Gasteiger partial charge in [0.2, 0.25) is 0 Å². The number of rotatable bonds is 4. The Hall–Kier alpha value is -3.66. The first kappa shape index (κ1) is 16.8. The first-order valence-corrected chi connectivity index (χ1v) is 8.67. The van der Waals surface area contributed by atoms with Crippen LogP contribution in [0.2, 0.25) is 0 Å². The predicted octanol–water partition coefficient (Wildman–Crippen LogP) is 4.99. The van der Waals surface area contributed by atoms with Gasteiger partial charge in [0.05, 0.1) is 7.11 Å². The van der Waals surface area contributed by atoms with Crippen molar-refractivity contribution in [1.29, 1.82) is 0 Å². The quantitative estimate of drug-likeness (QED) is 0.485. The molecular weight excluding hydrogens is 336 g/mol. The summed E-state index contributed by atoms with van der Waals surface area (Å²) in [6.45, 7) is 0. The third kappa shape index (κ3) is 3.13. The van der Waals surface area contributed by atoms with Crippen molar-refractivity contribution in [2.45, 2.75) is 0 Å². The first-order valence-electron chi connectivity index (χ1n) is 8.67. The summed E-state index contributed by atoms with van der Waals surface area (Å²) in [6, 6.07) is 29.3. The number of para-hydroxylation sites is 1. The number of esters is 1. The Kier molecular flexibility index (Phi) is 4.54. The minimum Gasteiger partial charge on any atom is -0.464 e. The fourth-order valence-corrected chi connectivity index (χ4v) is 3.11. The third-order valence-electron chi connectivity index (χ3n) is 4.35. The van der Waals surface area contributed by atoms with E-state index in [1.54, 1.807) is 0 Å². The molecule has 0 saturated carbocycles. The lowest BCUT2D eigenvalue weighted by molar-refractivity contribution is 0.0592. The maximum atomic E-state index is 12.8. The van der Waals surface area contributed by atoms with Crippen molar-refractivity contribution < 1.29 is 9.53 Å². The van der Waals surface area contributed by atoms with Gasteiger partial charge in [-0.15, -0.1) is 0 Å². The maximum absolute atomic E-state index is 12.8. The van der Waals surface area contributed by atoms with E-state index < -0.39 is 5.97 Å². The summed E-state index contributed by atoms with van der Waals surface area (Å²) in [5.41, 5.74) is 3.66. The third-order valence-corrected chi connectivity index (χ3v) is 4.35. The highest BCUT2D eigenvalue weighted by molar-refractivity contribution is 5.96. The van der Waals surface area contributed by atoms with Gasteiger partial charge in [-0.2, -0.15) is 0 Å². The maximum Gasteiger partial charge on any atom is 0.357 e. The molecule has 0 aliphatic carbocycles. The van der Waals surface area contributed by atoms with Crippen molar-refractivity contribution in [2.24, 2.45) is 0 Å². The van der Waals surface area contributed by atoms with E-state index in [0.717, 1.165) is 16.8 Å². The number of hydrogen-bond donors (Lipinski definition) is 0. The summed E-state index contributed by atoms with van der Waals surface area (Å²) < 4.78 is 6.97. The lowest BCUT2D eigenvalue weighted by Crippen LogP contribution is -2.11. The zero-order valence-electron chi connectivity index (χ0n) is 14.9. The molecule has 0 aliphatic rings. The van der Waals surface area contributed by atoms with E-state index in [0.29, 0.717) is 17.2 Å². The molecule has 0 radical (unpaired) electrons. The normalized spacial score (nSPS) is 10.6. The molecule has 0 saturated heterocycles. The Morgan fingerprint density at radius 3 is 1.85 bits per heavy atom. The van der Waals surface area contributed by atoms with Crippen molar-refractivity contribution in [3.05, 3.63) is 96.7 Å². The van der Waals surface area contributed by atoms with Gasteiger partial charge in [0, 0.05) is 16.8 Å². The molecule has 0 amide bonds. The largest absolute Gasteiger partial charge is 0.464 e. The number of carbonyl (C=O) groups is 1. The van der Waals surface area contributed by atoms with Gasteiger partial charge in [-0.1, -0.05) is 78.9 Å². The van der Waals surface area contributed by atoms with Gasteiger partial charge in [0.15, 0.2) is 5.69 Å². The fourth-order valence-electron chi connectivity index (χ4n) is 3.11. The van der Waals surface area contributed by atoms with Gasteiger partial charge in [-0.3, -0.25) is 4.57 Å². The van der Waals surface area contributed by atoms with Crippen LogP contribution in [0, 0.1) is 0 Å². The number of hydrogen-bond acceptors (Lipinski definition) is 3. The minimum atomic E-state index is -0.424. The summed E-state index contributed by atoms with van der Waals surface area (Å²) >= 11 is 0. The molecule has 0 aliphatic heterocycles. The Bertz CT molecular complexity index is 1060. The number of benzene rings is 3. The molecule has 0 spiro atoms. The van der Waals surface area contributed by atoms with Crippen LogP contribution in [0.5, 0.6) is 0 Å². The lowest BCUT2D eigenvalue weighted by Gasteiger charge is -2.11. The molecule has 0 unspecified atom stereocenters. The Morgan fingerprint density at radius 1 is 0.778 bits per heavy atom. The SMILES string of the molecule is COC(=O)c1c(-c2ccccc2)nc(-c2ccccc2)n1-c1ccccc1. The van der Waals surface area contributed by atoms with Crippen molar-refractivity contribution in [1.82, 2.24) is 9.55 Å². The smallest absolute Gasteiger partial charge is 0.357 e. The molecule has 3 aromatic carbocycles. The van der Waals surface area contributed by atoms with Crippen LogP contribution in [0.1, 0.15) is 10.5 Å². The average Bonchev–Trinajstić information content (AvgIpc) is 3.16. The topological polar surface area (TPSA) is 44.1 Å². The molecule has 1 aromatic heterocycles. The first-order chi connectivity index (χ1) is 13.3. The van der Waals surface area contributed by atoms with Crippen LogP contribution in [0.4, 0.5) is 0 Å². The number of carbonyl (C=O) groups excluding carboxylic acids is 1. The van der Waals surface area contributed by atoms with Crippen LogP contribution in [-0.4, -0.2) is 22.6 Å². The lowest BCUT2D eigenvalue weighted by atomic mass is 10.1. The van der Waals surface area contributed by atoms with E-state index in [1.807, 2.05) is 95.6 Å². The molecule has 1 heterocycles. The van der Waals surface area contributed by atoms with Gasteiger partial charge in [0.1, 0.15) is 11.5 Å². The predicted molar refractivity (Wildman–Crippen MR) is 106 cm³/mol. The molecule has 4 aromatic rings. The molecule has 4 heteroatoms. The van der Waals surface area contributed by atoms with E-state index in [-0.39, 0.29) is 0 Å². The Morgan fingerprint density at radius 2 is 1.30 bits per heavy atom. The van der Waals surface area contributed by atoms with E-state index in [4.69, 9.17) is 9.72 Å². The van der Waals surface area contributed by atoms with Crippen molar-refractivity contribution in [3.8, 4) is 28.3 Å². The minimum absolute atomic E-state index is 0.411. The summed E-state index contributed by atoms with van der Waals surface area (Å²) in [7, 11) is 1.39. The van der Waals surface area contributed by atoms with E-state index in [9.17, 15) is 4.79 Å². The second-order valence-corrected chi connectivity index (χ2v) is 6.03. The van der Waals surface area contributed by atoms with E-state index in [2.05, 4.69) is 0 Å². The average molecular weight is 354 g/mol. The van der Waals surface area contributed by atoms with Gasteiger partial charge in [-0.05, 0) is 12.1 Å². The molecule has 4 nitrogen and oxygen atoms in total. The van der Waals surface area contributed by atoms with Gasteiger partial charge >= 0.3 is 5.97 Å². The molecule has 0 fully saturated rings. The van der Waals surface area contributed by atoms with Crippen LogP contribution >= 0.6 is 0 Å². The van der Waals surface area contributed by atoms with Crippen LogP contribution in [0.15, 0.2) is 91.0 Å². The zero-order valence-corrected chi connectivity index (χ0v) is 14.9. The summed E-state index contributed by atoms with van der Waals surface area (Å²) in [5, 5.41) is 0. The molecule has 4 rings (SSSR count). The second kappa shape index (κ2) is 7.30. The van der Waals surface area contributed by atoms with Crippen LogP contribution in [0.3, 0.4) is 0 Å². The highest BCUT2D eigenvalue weighted by Gasteiger charge is 2.26. The molecular formula is C23H18N2O2. The number of ether oxygens (including phenoxy) is 1. The van der Waals surface area contributed by atoms with E-state index in [1.165, 1.54) is 7.11 Å². The molecule has 0 N–H and O–H groups in total. The van der Waals surface area contributed by atoms with Gasteiger partial charge in [-0.25, -0.2) is 9.78 Å². The van der Waals surface area contributed by atoms with Crippen LogP contribution < -0.4 is 0 Å². The van der Waals surface area contributed by atoms with Gasteiger partial charge in [0.25, 0.3) is 0 Å². The van der Waals surface area contributed by atoms with Crippen molar-refractivity contribution in [3.63, 3.8) is 0 Å². The monoisotopic (exact) mass is 354 g/mol. The molecule has 0 atom stereocenters. The van der Waals surface area contributed by atoms with E-state index >= 15 is 0 Å². The standard InChI is InChI=1S/C23H18N2O2/c1-27-23(26)21-20(17-11-5-2-6-12-17)24-22(18-13-7-3-8-14-18)25(21)19-15-9-4-10-16-19/h2-16H,1H3. The van der Waals surface area contributed by atoms with Crippen molar-refractivity contribution in [2.75, 3.05) is 7.11 Å². The fraction of sp³-hybridized carbons (Fsp3) is 0.0435. The highest BCUT2D eigenvalue weighted by Crippen LogP contribution is 2.32. The molecule has 27 heavy (non-hydrogen) atoms. The number of nitrogens with zero attached hydrogens (tertiary/aromatic N) is 2. The van der Waals surface area contributed by atoms with Crippen LogP contribution in [-0.2, 0) is 4.74 Å². The summed E-state index contributed by atoms with van der Waals surface area (Å²) in [4.78, 5) is 17.6. The Labute approximate surface area is 157 Å². The van der Waals surface area contributed by atoms with Crippen LogP contribution in [0.25, 0.3) is 28.3 Å². The van der Waals surface area contributed by atoms with Gasteiger partial charge < -0.3 is 4.74 Å².